The molecule has 0 amide bonds. The van der Waals surface area contributed by atoms with Crippen LogP contribution in [-0.4, -0.2) is 24.0 Å². The van der Waals surface area contributed by atoms with Crippen molar-refractivity contribution in [3.05, 3.63) is 35.9 Å². The summed E-state index contributed by atoms with van der Waals surface area (Å²) in [6, 6.07) is 12.2. The summed E-state index contributed by atoms with van der Waals surface area (Å²) in [6.07, 6.45) is 15.0. The highest BCUT2D eigenvalue weighted by Gasteiger charge is 2.55. The van der Waals surface area contributed by atoms with Crippen LogP contribution in [0, 0.1) is 23.2 Å². The Bertz CT molecular complexity index is 521. The zero-order valence-corrected chi connectivity index (χ0v) is 15.1. The van der Waals surface area contributed by atoms with E-state index in [1.807, 2.05) is 0 Å². The van der Waals surface area contributed by atoms with Crippen LogP contribution in [0.25, 0.3) is 0 Å². The monoisotopic (exact) mass is 323 g/mol. The maximum absolute atomic E-state index is 2.93. The Morgan fingerprint density at radius 2 is 1.42 bits per heavy atom. The summed E-state index contributed by atoms with van der Waals surface area (Å²) in [6.45, 7) is 2.72. The highest BCUT2D eigenvalue weighted by atomic mass is 15.2. The van der Waals surface area contributed by atoms with Gasteiger partial charge < -0.3 is 0 Å². The average molecular weight is 324 g/mol. The number of hydrogen-bond acceptors (Lipinski definition) is 1. The molecule has 0 aromatic heterocycles. The SMILES string of the molecule is c1ccc(CC(N2CCCCC2)C23CC4CC(CC(C4)C2)C3)cc1. The number of likely N-dealkylation sites (tertiary alicyclic amines) is 1. The van der Waals surface area contributed by atoms with Crippen molar-refractivity contribution in [2.24, 2.45) is 23.2 Å². The fourth-order valence-electron chi connectivity index (χ4n) is 7.39. The summed E-state index contributed by atoms with van der Waals surface area (Å²) in [4.78, 5) is 2.93. The van der Waals surface area contributed by atoms with E-state index >= 15 is 0 Å². The van der Waals surface area contributed by atoms with Crippen LogP contribution >= 0.6 is 0 Å². The van der Waals surface area contributed by atoms with Gasteiger partial charge in [-0.25, -0.2) is 0 Å². The van der Waals surface area contributed by atoms with Gasteiger partial charge >= 0.3 is 0 Å². The molecule has 5 fully saturated rings. The molecular weight excluding hydrogens is 290 g/mol. The second-order valence-electron chi connectivity index (χ2n) is 9.58. The molecule has 1 heterocycles. The third kappa shape index (κ3) is 2.73. The zero-order chi connectivity index (χ0) is 16.0. The normalized spacial score (nSPS) is 39.9. The maximum atomic E-state index is 2.93. The highest BCUT2D eigenvalue weighted by Crippen LogP contribution is 2.62. The molecule has 1 aromatic carbocycles. The molecule has 0 spiro atoms. The van der Waals surface area contributed by atoms with Gasteiger partial charge in [-0.3, -0.25) is 4.90 Å². The Labute approximate surface area is 147 Å². The third-order valence-electron chi connectivity index (χ3n) is 7.90. The van der Waals surface area contributed by atoms with Crippen molar-refractivity contribution in [3.8, 4) is 0 Å². The van der Waals surface area contributed by atoms with E-state index in [9.17, 15) is 0 Å². The molecule has 0 N–H and O–H groups in total. The molecule has 1 atom stereocenters. The van der Waals surface area contributed by atoms with Crippen LogP contribution in [0.5, 0.6) is 0 Å². The number of benzene rings is 1. The van der Waals surface area contributed by atoms with Crippen molar-refractivity contribution >= 4 is 0 Å². The fourth-order valence-corrected chi connectivity index (χ4v) is 7.39. The Morgan fingerprint density at radius 3 is 2.00 bits per heavy atom. The Hall–Kier alpha value is -0.820. The van der Waals surface area contributed by atoms with E-state index in [2.05, 4.69) is 35.2 Å². The molecule has 1 heteroatoms. The second-order valence-corrected chi connectivity index (χ2v) is 9.58. The number of piperidine rings is 1. The Morgan fingerprint density at radius 1 is 0.833 bits per heavy atom. The number of hydrogen-bond donors (Lipinski definition) is 0. The molecule has 4 bridgehead atoms. The maximum Gasteiger partial charge on any atom is 0.0192 e. The van der Waals surface area contributed by atoms with Crippen LogP contribution in [0.15, 0.2) is 30.3 Å². The van der Waals surface area contributed by atoms with Crippen molar-refractivity contribution in [2.45, 2.75) is 70.3 Å². The molecule has 4 aliphatic carbocycles. The molecule has 1 saturated heterocycles. The Balaban J connectivity index is 1.46. The molecule has 1 nitrogen and oxygen atoms in total. The fraction of sp³-hybridized carbons (Fsp3) is 0.739. The van der Waals surface area contributed by atoms with E-state index in [4.69, 9.17) is 0 Å². The van der Waals surface area contributed by atoms with Crippen LogP contribution in [0.3, 0.4) is 0 Å². The summed E-state index contributed by atoms with van der Waals surface area (Å²) in [5.41, 5.74) is 2.23. The van der Waals surface area contributed by atoms with Gasteiger partial charge in [0.05, 0.1) is 0 Å². The lowest BCUT2D eigenvalue weighted by Crippen LogP contribution is -2.58. The minimum atomic E-state index is 0.655. The molecule has 5 aliphatic rings. The quantitative estimate of drug-likeness (QED) is 0.727. The van der Waals surface area contributed by atoms with E-state index in [0.29, 0.717) is 5.41 Å². The molecule has 4 saturated carbocycles. The van der Waals surface area contributed by atoms with Gasteiger partial charge in [-0.2, -0.15) is 0 Å². The first-order valence-corrected chi connectivity index (χ1v) is 10.6. The van der Waals surface area contributed by atoms with Crippen LogP contribution in [0.2, 0.25) is 0 Å². The van der Waals surface area contributed by atoms with E-state index < -0.39 is 0 Å². The largest absolute Gasteiger partial charge is 0.300 e. The lowest BCUT2D eigenvalue weighted by atomic mass is 9.47. The molecular formula is C23H33N. The van der Waals surface area contributed by atoms with E-state index in [1.54, 1.807) is 44.1 Å². The molecule has 6 rings (SSSR count). The second kappa shape index (κ2) is 6.16. The van der Waals surface area contributed by atoms with Gasteiger partial charge in [0, 0.05) is 6.04 Å². The summed E-state index contributed by atoms with van der Waals surface area (Å²) < 4.78 is 0. The molecule has 0 radical (unpaired) electrons. The lowest BCUT2D eigenvalue weighted by molar-refractivity contribution is -0.104. The lowest BCUT2D eigenvalue weighted by Gasteiger charge is -2.61. The first-order valence-electron chi connectivity index (χ1n) is 10.6. The molecule has 1 aromatic rings. The third-order valence-corrected chi connectivity index (χ3v) is 7.90. The summed E-state index contributed by atoms with van der Waals surface area (Å²) >= 11 is 0. The van der Waals surface area contributed by atoms with Crippen LogP contribution in [0.4, 0.5) is 0 Å². The zero-order valence-electron chi connectivity index (χ0n) is 15.1. The summed E-state index contributed by atoms with van der Waals surface area (Å²) in [5.74, 6) is 3.21. The topological polar surface area (TPSA) is 3.24 Å². The standard InChI is InChI=1S/C23H33N/c1-3-7-18(8-4-1)14-22(24-9-5-2-6-10-24)23-15-19-11-20(16-23)13-21(12-19)17-23/h1,3-4,7-8,19-22H,2,5-6,9-17H2. The van der Waals surface area contributed by atoms with Gasteiger partial charge in [0.2, 0.25) is 0 Å². The van der Waals surface area contributed by atoms with Gasteiger partial charge in [0.25, 0.3) is 0 Å². The first kappa shape index (κ1) is 15.4. The summed E-state index contributed by atoms with van der Waals surface area (Å²) in [7, 11) is 0. The molecule has 24 heavy (non-hydrogen) atoms. The molecule has 1 aliphatic heterocycles. The van der Waals surface area contributed by atoms with Gasteiger partial charge in [0.1, 0.15) is 0 Å². The Kier molecular flexibility index (Phi) is 3.96. The van der Waals surface area contributed by atoms with Crippen molar-refractivity contribution in [1.82, 2.24) is 4.90 Å². The van der Waals surface area contributed by atoms with Crippen molar-refractivity contribution < 1.29 is 0 Å². The molecule has 1 unspecified atom stereocenters. The summed E-state index contributed by atoms with van der Waals surface area (Å²) in [5, 5.41) is 0. The predicted molar refractivity (Wildman–Crippen MR) is 100.0 cm³/mol. The number of nitrogens with zero attached hydrogens (tertiary/aromatic N) is 1. The van der Waals surface area contributed by atoms with Crippen molar-refractivity contribution in [3.63, 3.8) is 0 Å². The smallest absolute Gasteiger partial charge is 0.0192 e. The van der Waals surface area contributed by atoms with E-state index in [-0.39, 0.29) is 0 Å². The highest BCUT2D eigenvalue weighted by molar-refractivity contribution is 5.18. The van der Waals surface area contributed by atoms with E-state index in [0.717, 1.165) is 23.8 Å². The van der Waals surface area contributed by atoms with Gasteiger partial charge in [-0.1, -0.05) is 36.8 Å². The van der Waals surface area contributed by atoms with Gasteiger partial charge in [-0.15, -0.1) is 0 Å². The van der Waals surface area contributed by atoms with E-state index in [1.165, 1.54) is 38.8 Å². The van der Waals surface area contributed by atoms with Crippen LogP contribution in [-0.2, 0) is 6.42 Å². The van der Waals surface area contributed by atoms with Crippen LogP contribution in [0.1, 0.15) is 63.4 Å². The average Bonchev–Trinajstić information content (AvgIpc) is 2.60. The number of rotatable bonds is 4. The predicted octanol–water partition coefficient (Wildman–Crippen LogP) is 5.30. The molecule has 130 valence electrons. The first-order chi connectivity index (χ1) is 11.8. The van der Waals surface area contributed by atoms with Gasteiger partial charge in [0.15, 0.2) is 0 Å². The van der Waals surface area contributed by atoms with Crippen LogP contribution < -0.4 is 0 Å². The van der Waals surface area contributed by atoms with Crippen molar-refractivity contribution in [1.29, 1.82) is 0 Å². The van der Waals surface area contributed by atoms with Crippen molar-refractivity contribution in [2.75, 3.05) is 13.1 Å². The minimum Gasteiger partial charge on any atom is -0.300 e. The van der Waals surface area contributed by atoms with Gasteiger partial charge in [-0.05, 0) is 99.6 Å². The minimum absolute atomic E-state index is 0.655.